The Labute approximate surface area is 189 Å². The van der Waals surface area contributed by atoms with E-state index in [0.717, 1.165) is 54.1 Å². The SMILES string of the molecule is Cc1cc(C(=O)N(Cc2ccco2)C2CCN(C)CC2)cc(C)c1OCc1cccnc1. The second-order valence-corrected chi connectivity index (χ2v) is 8.64. The van der Waals surface area contributed by atoms with Crippen LogP contribution in [-0.4, -0.2) is 46.9 Å². The van der Waals surface area contributed by atoms with Crippen molar-refractivity contribution < 1.29 is 13.9 Å². The van der Waals surface area contributed by atoms with Gasteiger partial charge < -0.3 is 19.0 Å². The number of carbonyl (C=O) groups is 1. The average molecular weight is 434 g/mol. The minimum atomic E-state index is 0.0426. The molecule has 4 rings (SSSR count). The third-order valence-electron chi connectivity index (χ3n) is 6.11. The summed E-state index contributed by atoms with van der Waals surface area (Å²) in [5, 5.41) is 0. The Bertz CT molecular complexity index is 1000. The van der Waals surface area contributed by atoms with Crippen molar-refractivity contribution in [2.75, 3.05) is 20.1 Å². The molecule has 0 radical (unpaired) electrons. The molecule has 1 amide bonds. The van der Waals surface area contributed by atoms with Crippen LogP contribution in [0.5, 0.6) is 5.75 Å². The quantitative estimate of drug-likeness (QED) is 0.545. The standard InChI is InChI=1S/C26H31N3O3/c1-19-14-22(15-20(2)25(19)32-18-21-6-4-10-27-16-21)26(30)29(17-24-7-5-13-31-24)23-8-11-28(3)12-9-23/h4-7,10,13-16,23H,8-9,11-12,17-18H2,1-3H3. The van der Waals surface area contributed by atoms with Crippen LogP contribution in [-0.2, 0) is 13.2 Å². The first-order valence-electron chi connectivity index (χ1n) is 11.2. The average Bonchev–Trinajstić information content (AvgIpc) is 3.31. The number of aromatic nitrogens is 1. The van der Waals surface area contributed by atoms with Crippen LogP contribution in [0.4, 0.5) is 0 Å². The molecule has 6 heteroatoms. The van der Waals surface area contributed by atoms with Gasteiger partial charge in [-0.3, -0.25) is 9.78 Å². The van der Waals surface area contributed by atoms with Gasteiger partial charge in [0.15, 0.2) is 0 Å². The van der Waals surface area contributed by atoms with E-state index >= 15 is 0 Å². The molecule has 1 aliphatic heterocycles. The van der Waals surface area contributed by atoms with Crippen LogP contribution in [0.3, 0.4) is 0 Å². The number of ether oxygens (including phenoxy) is 1. The van der Waals surface area contributed by atoms with Crippen LogP contribution in [0.1, 0.15) is 45.7 Å². The summed E-state index contributed by atoms with van der Waals surface area (Å²) in [6.07, 6.45) is 7.14. The van der Waals surface area contributed by atoms with Crippen molar-refractivity contribution in [2.45, 2.75) is 45.9 Å². The number of hydrogen-bond donors (Lipinski definition) is 0. The van der Waals surface area contributed by atoms with Gasteiger partial charge >= 0.3 is 0 Å². The van der Waals surface area contributed by atoms with Gasteiger partial charge in [0.1, 0.15) is 18.1 Å². The molecule has 32 heavy (non-hydrogen) atoms. The zero-order valence-corrected chi connectivity index (χ0v) is 19.1. The molecule has 0 saturated carbocycles. The van der Waals surface area contributed by atoms with Gasteiger partial charge in [0.05, 0.1) is 12.8 Å². The third-order valence-corrected chi connectivity index (χ3v) is 6.11. The molecule has 0 spiro atoms. The first-order valence-corrected chi connectivity index (χ1v) is 11.2. The Morgan fingerprint density at radius 2 is 1.94 bits per heavy atom. The monoisotopic (exact) mass is 433 g/mol. The third kappa shape index (κ3) is 5.19. The molecule has 0 unspecified atom stereocenters. The van der Waals surface area contributed by atoms with Crippen molar-refractivity contribution in [3.8, 4) is 5.75 Å². The molecule has 3 aromatic rings. The van der Waals surface area contributed by atoms with Crippen molar-refractivity contribution in [3.05, 3.63) is 83.1 Å². The molecule has 0 aliphatic carbocycles. The normalized spacial score (nSPS) is 15.0. The van der Waals surface area contributed by atoms with E-state index in [1.807, 2.05) is 55.1 Å². The summed E-state index contributed by atoms with van der Waals surface area (Å²) < 4.78 is 11.6. The first kappa shape index (κ1) is 22.1. The number of benzene rings is 1. The summed E-state index contributed by atoms with van der Waals surface area (Å²) in [5.74, 6) is 1.67. The topological polar surface area (TPSA) is 58.8 Å². The Balaban J connectivity index is 1.54. The zero-order valence-electron chi connectivity index (χ0n) is 19.1. The summed E-state index contributed by atoms with van der Waals surface area (Å²) in [6.45, 7) is 6.90. The van der Waals surface area contributed by atoms with E-state index in [1.54, 1.807) is 18.7 Å². The van der Waals surface area contributed by atoms with E-state index in [-0.39, 0.29) is 11.9 Å². The van der Waals surface area contributed by atoms with E-state index in [4.69, 9.17) is 9.15 Å². The Morgan fingerprint density at radius 1 is 1.19 bits per heavy atom. The lowest BCUT2D eigenvalue weighted by atomic mass is 10.00. The summed E-state index contributed by atoms with van der Waals surface area (Å²) >= 11 is 0. The molecule has 0 N–H and O–H groups in total. The van der Waals surface area contributed by atoms with Crippen molar-refractivity contribution in [2.24, 2.45) is 0 Å². The predicted octanol–water partition coefficient (Wildman–Crippen LogP) is 4.61. The summed E-state index contributed by atoms with van der Waals surface area (Å²) in [7, 11) is 2.13. The van der Waals surface area contributed by atoms with Gasteiger partial charge in [-0.25, -0.2) is 0 Å². The van der Waals surface area contributed by atoms with Gasteiger partial charge in [-0.1, -0.05) is 6.07 Å². The zero-order chi connectivity index (χ0) is 22.5. The maximum Gasteiger partial charge on any atom is 0.254 e. The highest BCUT2D eigenvalue weighted by Gasteiger charge is 2.29. The number of hydrogen-bond acceptors (Lipinski definition) is 5. The first-order chi connectivity index (χ1) is 15.5. The summed E-state index contributed by atoms with van der Waals surface area (Å²) in [5.41, 5.74) is 3.62. The molecule has 0 atom stereocenters. The molecular formula is C26H31N3O3. The van der Waals surface area contributed by atoms with Gasteiger partial charge in [-0.2, -0.15) is 0 Å². The van der Waals surface area contributed by atoms with E-state index in [2.05, 4.69) is 16.9 Å². The lowest BCUT2D eigenvalue weighted by Crippen LogP contribution is -2.46. The fourth-order valence-electron chi connectivity index (χ4n) is 4.35. The Hall–Kier alpha value is -3.12. The molecule has 6 nitrogen and oxygen atoms in total. The van der Waals surface area contributed by atoms with Crippen LogP contribution in [0.2, 0.25) is 0 Å². The number of aryl methyl sites for hydroxylation is 2. The number of furan rings is 1. The van der Waals surface area contributed by atoms with Crippen molar-refractivity contribution >= 4 is 5.91 Å². The molecule has 1 aliphatic rings. The van der Waals surface area contributed by atoms with E-state index in [0.29, 0.717) is 18.7 Å². The number of pyridine rings is 1. The molecule has 168 valence electrons. The highest BCUT2D eigenvalue weighted by molar-refractivity contribution is 5.95. The lowest BCUT2D eigenvalue weighted by molar-refractivity contribution is 0.0550. The second-order valence-electron chi connectivity index (χ2n) is 8.64. The van der Waals surface area contributed by atoms with Crippen molar-refractivity contribution in [1.29, 1.82) is 0 Å². The molecular weight excluding hydrogens is 402 g/mol. The maximum absolute atomic E-state index is 13.7. The van der Waals surface area contributed by atoms with Crippen molar-refractivity contribution in [3.63, 3.8) is 0 Å². The number of rotatable bonds is 7. The molecule has 1 saturated heterocycles. The molecule has 3 heterocycles. The smallest absolute Gasteiger partial charge is 0.254 e. The predicted molar refractivity (Wildman–Crippen MR) is 124 cm³/mol. The van der Waals surface area contributed by atoms with Crippen LogP contribution in [0, 0.1) is 13.8 Å². The number of likely N-dealkylation sites (tertiary alicyclic amines) is 1. The number of amides is 1. The van der Waals surface area contributed by atoms with Crippen LogP contribution in [0.15, 0.2) is 59.5 Å². The molecule has 0 bridgehead atoms. The number of piperidine rings is 1. The fraction of sp³-hybridized carbons (Fsp3) is 0.385. The van der Waals surface area contributed by atoms with Crippen LogP contribution in [0.25, 0.3) is 0 Å². The van der Waals surface area contributed by atoms with Gasteiger partial charge in [0.25, 0.3) is 5.91 Å². The van der Waals surface area contributed by atoms with Crippen LogP contribution >= 0.6 is 0 Å². The van der Waals surface area contributed by atoms with Gasteiger partial charge in [-0.15, -0.1) is 0 Å². The maximum atomic E-state index is 13.7. The Morgan fingerprint density at radius 3 is 2.56 bits per heavy atom. The summed E-state index contributed by atoms with van der Waals surface area (Å²) in [6, 6.07) is 11.8. The minimum absolute atomic E-state index is 0.0426. The van der Waals surface area contributed by atoms with E-state index in [1.165, 1.54) is 0 Å². The van der Waals surface area contributed by atoms with E-state index in [9.17, 15) is 4.79 Å². The highest BCUT2D eigenvalue weighted by Crippen LogP contribution is 2.28. The van der Waals surface area contributed by atoms with Crippen LogP contribution < -0.4 is 4.74 Å². The van der Waals surface area contributed by atoms with Gasteiger partial charge in [-0.05, 0) is 88.3 Å². The molecule has 1 fully saturated rings. The largest absolute Gasteiger partial charge is 0.488 e. The fourth-order valence-corrected chi connectivity index (χ4v) is 4.35. The molecule has 2 aromatic heterocycles. The highest BCUT2D eigenvalue weighted by atomic mass is 16.5. The lowest BCUT2D eigenvalue weighted by Gasteiger charge is -2.37. The number of nitrogens with zero attached hydrogens (tertiary/aromatic N) is 3. The Kier molecular flexibility index (Phi) is 6.90. The van der Waals surface area contributed by atoms with Gasteiger partial charge in [0.2, 0.25) is 0 Å². The minimum Gasteiger partial charge on any atom is -0.488 e. The second kappa shape index (κ2) is 10.0. The van der Waals surface area contributed by atoms with Gasteiger partial charge in [0, 0.05) is 29.6 Å². The summed E-state index contributed by atoms with van der Waals surface area (Å²) in [4.78, 5) is 22.1. The van der Waals surface area contributed by atoms with E-state index < -0.39 is 0 Å². The van der Waals surface area contributed by atoms with Crippen molar-refractivity contribution in [1.82, 2.24) is 14.8 Å². The number of carbonyl (C=O) groups excluding carboxylic acids is 1. The molecule has 1 aromatic carbocycles.